The number of rotatable bonds is 5. The van der Waals surface area contributed by atoms with Gasteiger partial charge in [-0.25, -0.2) is 18.4 Å². The molecule has 144 valence electrons. The van der Waals surface area contributed by atoms with Crippen LogP contribution in [0.5, 0.6) is 0 Å². The zero-order valence-corrected chi connectivity index (χ0v) is 16.1. The zero-order chi connectivity index (χ0) is 19.4. The fourth-order valence-electron chi connectivity index (χ4n) is 3.06. The molecule has 1 aliphatic heterocycles. The van der Waals surface area contributed by atoms with Gasteiger partial charge in [0.1, 0.15) is 0 Å². The van der Waals surface area contributed by atoms with Crippen molar-refractivity contribution < 1.29 is 8.42 Å². The molecular weight excluding hydrogens is 374 g/mol. The summed E-state index contributed by atoms with van der Waals surface area (Å²) >= 11 is 0. The van der Waals surface area contributed by atoms with E-state index in [0.29, 0.717) is 37.0 Å². The quantitative estimate of drug-likeness (QED) is 0.690. The minimum absolute atomic E-state index is 0.301. The van der Waals surface area contributed by atoms with E-state index in [-0.39, 0.29) is 0 Å². The van der Waals surface area contributed by atoms with Crippen LogP contribution in [0.25, 0.3) is 11.3 Å². The van der Waals surface area contributed by atoms with Crippen molar-refractivity contribution in [3.05, 3.63) is 66.9 Å². The average Bonchev–Trinajstić information content (AvgIpc) is 2.75. The highest BCUT2D eigenvalue weighted by Gasteiger charge is 2.25. The van der Waals surface area contributed by atoms with Crippen LogP contribution in [0.4, 0.5) is 11.6 Å². The Hall–Kier alpha value is -2.81. The summed E-state index contributed by atoms with van der Waals surface area (Å²) in [4.78, 5) is 9.08. The summed E-state index contributed by atoms with van der Waals surface area (Å²) in [6.07, 6.45) is 1.68. The molecule has 0 saturated carbocycles. The van der Waals surface area contributed by atoms with Crippen LogP contribution >= 0.6 is 0 Å². The summed E-state index contributed by atoms with van der Waals surface area (Å²) in [5.41, 5.74) is 2.45. The van der Waals surface area contributed by atoms with E-state index in [1.54, 1.807) is 36.5 Å². The van der Waals surface area contributed by atoms with E-state index in [1.165, 1.54) is 4.31 Å². The molecule has 2 N–H and O–H groups in total. The Morgan fingerprint density at radius 3 is 2.36 bits per heavy atom. The molecular formula is C20H21N5O2S. The van der Waals surface area contributed by atoms with E-state index in [0.717, 1.165) is 16.9 Å². The van der Waals surface area contributed by atoms with Crippen LogP contribution in [-0.4, -0.2) is 48.9 Å². The molecule has 1 aliphatic rings. The van der Waals surface area contributed by atoms with Crippen molar-refractivity contribution in [2.75, 3.05) is 31.5 Å². The first-order valence-electron chi connectivity index (χ1n) is 9.09. The van der Waals surface area contributed by atoms with Crippen LogP contribution < -0.4 is 10.6 Å². The van der Waals surface area contributed by atoms with Gasteiger partial charge in [-0.2, -0.15) is 4.31 Å². The number of aromatic nitrogens is 2. The van der Waals surface area contributed by atoms with Crippen molar-refractivity contribution in [3.8, 4) is 11.3 Å². The monoisotopic (exact) mass is 395 g/mol. The molecule has 1 saturated heterocycles. The maximum Gasteiger partial charge on any atom is 0.243 e. The predicted octanol–water partition coefficient (Wildman–Crippen LogP) is 2.48. The number of piperazine rings is 1. The van der Waals surface area contributed by atoms with E-state index in [4.69, 9.17) is 0 Å². The molecule has 2 heterocycles. The van der Waals surface area contributed by atoms with E-state index in [2.05, 4.69) is 20.6 Å². The Labute approximate surface area is 164 Å². The van der Waals surface area contributed by atoms with Crippen LogP contribution in [-0.2, 0) is 10.0 Å². The second-order valence-electron chi connectivity index (χ2n) is 6.43. The smallest absolute Gasteiger partial charge is 0.243 e. The Bertz CT molecular complexity index is 1030. The van der Waals surface area contributed by atoms with Gasteiger partial charge in [-0.3, -0.25) is 0 Å². The molecule has 28 heavy (non-hydrogen) atoms. The van der Waals surface area contributed by atoms with Gasteiger partial charge in [-0.05, 0) is 30.3 Å². The largest absolute Gasteiger partial charge is 0.324 e. The third kappa shape index (κ3) is 4.04. The lowest BCUT2D eigenvalue weighted by atomic mass is 10.1. The Morgan fingerprint density at radius 1 is 0.929 bits per heavy atom. The molecule has 0 bridgehead atoms. The van der Waals surface area contributed by atoms with Crippen molar-refractivity contribution in [2.45, 2.75) is 4.90 Å². The van der Waals surface area contributed by atoms with Crippen molar-refractivity contribution in [3.63, 3.8) is 0 Å². The van der Waals surface area contributed by atoms with E-state index < -0.39 is 10.0 Å². The molecule has 0 unspecified atom stereocenters. The van der Waals surface area contributed by atoms with Crippen molar-refractivity contribution in [1.29, 1.82) is 0 Å². The number of para-hydroxylation sites is 1. The normalized spacial score (nSPS) is 15.3. The molecule has 8 heteroatoms. The number of hydrogen-bond acceptors (Lipinski definition) is 6. The van der Waals surface area contributed by atoms with Gasteiger partial charge in [0.05, 0.1) is 10.6 Å². The summed E-state index contributed by atoms with van der Waals surface area (Å²) in [5, 5.41) is 6.33. The molecule has 2 aromatic carbocycles. The number of anilines is 2. The lowest BCUT2D eigenvalue weighted by Gasteiger charge is -2.26. The van der Waals surface area contributed by atoms with Gasteiger partial charge in [0.25, 0.3) is 0 Å². The number of nitrogens with one attached hydrogen (secondary N) is 2. The number of nitrogens with zero attached hydrogens (tertiary/aromatic N) is 3. The maximum absolute atomic E-state index is 12.8. The topological polar surface area (TPSA) is 87.2 Å². The van der Waals surface area contributed by atoms with E-state index >= 15 is 0 Å². The van der Waals surface area contributed by atoms with Crippen molar-refractivity contribution >= 4 is 21.7 Å². The molecule has 0 spiro atoms. The molecule has 0 radical (unpaired) electrons. The van der Waals surface area contributed by atoms with Crippen LogP contribution in [0.1, 0.15) is 0 Å². The van der Waals surface area contributed by atoms with Crippen LogP contribution in [0.15, 0.2) is 71.8 Å². The lowest BCUT2D eigenvalue weighted by molar-refractivity contribution is 0.360. The van der Waals surface area contributed by atoms with Gasteiger partial charge < -0.3 is 10.6 Å². The standard InChI is InChI=1S/C20H21N5O2S/c26-28(27,25-14-12-21-13-15-25)18-8-6-16(7-9-18)19-10-11-22-20(24-19)23-17-4-2-1-3-5-17/h1-11,21H,12-15H2,(H,22,23,24). The van der Waals surface area contributed by atoms with Crippen LogP contribution in [0.3, 0.4) is 0 Å². The highest BCUT2D eigenvalue weighted by molar-refractivity contribution is 7.89. The first kappa shape index (κ1) is 18.5. The Kier molecular flexibility index (Phi) is 5.34. The first-order valence-corrected chi connectivity index (χ1v) is 10.5. The molecule has 0 amide bonds. The summed E-state index contributed by atoms with van der Waals surface area (Å²) < 4.78 is 27.0. The average molecular weight is 395 g/mol. The highest BCUT2D eigenvalue weighted by Crippen LogP contribution is 2.23. The summed E-state index contributed by atoms with van der Waals surface area (Å²) in [5.74, 6) is 0.487. The van der Waals surface area contributed by atoms with Crippen LogP contribution in [0, 0.1) is 0 Å². The fraction of sp³-hybridized carbons (Fsp3) is 0.200. The van der Waals surface area contributed by atoms with E-state index in [9.17, 15) is 8.42 Å². The fourth-order valence-corrected chi connectivity index (χ4v) is 4.50. The highest BCUT2D eigenvalue weighted by atomic mass is 32.2. The molecule has 7 nitrogen and oxygen atoms in total. The van der Waals surface area contributed by atoms with Gasteiger partial charge in [0.15, 0.2) is 0 Å². The third-order valence-electron chi connectivity index (χ3n) is 4.55. The molecule has 1 aromatic heterocycles. The first-order chi connectivity index (χ1) is 13.6. The van der Waals surface area contributed by atoms with Gasteiger partial charge in [0, 0.05) is 43.6 Å². The Morgan fingerprint density at radius 2 is 1.64 bits per heavy atom. The maximum atomic E-state index is 12.8. The van der Waals surface area contributed by atoms with Crippen molar-refractivity contribution in [2.24, 2.45) is 0 Å². The van der Waals surface area contributed by atoms with Gasteiger partial charge in [-0.15, -0.1) is 0 Å². The van der Waals surface area contributed by atoms with Crippen LogP contribution in [0.2, 0.25) is 0 Å². The van der Waals surface area contributed by atoms with Crippen molar-refractivity contribution in [1.82, 2.24) is 19.6 Å². The lowest BCUT2D eigenvalue weighted by Crippen LogP contribution is -2.46. The molecule has 0 aliphatic carbocycles. The zero-order valence-electron chi connectivity index (χ0n) is 15.2. The minimum atomic E-state index is -3.46. The predicted molar refractivity (Wildman–Crippen MR) is 109 cm³/mol. The number of hydrogen-bond donors (Lipinski definition) is 2. The number of sulfonamides is 1. The molecule has 1 fully saturated rings. The Balaban J connectivity index is 1.55. The summed E-state index contributed by atoms with van der Waals surface area (Å²) in [7, 11) is -3.46. The molecule has 0 atom stereocenters. The van der Waals surface area contributed by atoms with Gasteiger partial charge >= 0.3 is 0 Å². The second kappa shape index (κ2) is 8.05. The number of benzene rings is 2. The molecule has 4 rings (SSSR count). The second-order valence-corrected chi connectivity index (χ2v) is 8.37. The third-order valence-corrected chi connectivity index (χ3v) is 6.46. The SMILES string of the molecule is O=S(=O)(c1ccc(-c2ccnc(Nc3ccccc3)n2)cc1)N1CCNCC1. The molecule has 3 aromatic rings. The van der Waals surface area contributed by atoms with E-state index in [1.807, 2.05) is 30.3 Å². The summed E-state index contributed by atoms with van der Waals surface area (Å²) in [6.45, 7) is 2.33. The van der Waals surface area contributed by atoms with Gasteiger partial charge in [-0.1, -0.05) is 30.3 Å². The minimum Gasteiger partial charge on any atom is -0.324 e. The summed E-state index contributed by atoms with van der Waals surface area (Å²) in [6, 6.07) is 18.3. The van der Waals surface area contributed by atoms with Gasteiger partial charge in [0.2, 0.25) is 16.0 Å².